The normalized spacial score (nSPS) is 12.8. The molecular formula is C19H16N6O5S. The number of hydrogen-bond donors (Lipinski definition) is 2. The Balaban J connectivity index is 1.30. The molecule has 0 fully saturated rings. The van der Waals surface area contributed by atoms with E-state index in [1.165, 1.54) is 21.7 Å². The fraction of sp³-hybridized carbons (Fsp3) is 0.211. The lowest BCUT2D eigenvalue weighted by molar-refractivity contribution is -0.116. The highest BCUT2D eigenvalue weighted by atomic mass is 32.1. The van der Waals surface area contributed by atoms with E-state index < -0.39 is 11.2 Å². The molecule has 4 rings (SSSR count). The van der Waals surface area contributed by atoms with Crippen LogP contribution in [0.1, 0.15) is 32.1 Å². The maximum absolute atomic E-state index is 12.4. The third kappa shape index (κ3) is 4.33. The average Bonchev–Trinajstić information content (AvgIpc) is 3.29. The standard InChI is InChI=1S/C19H16N6O5S/c26-13(5-8-24-9-6-14(27)21-19(24)30)20-18-23-22-15(31-18)7-10-25-16(28)11-3-1-2-4-12(11)17(25)29/h1-4,6,9H,5,7-8,10H2,(H,20,23,26)(H,21,27,30). The first-order valence-corrected chi connectivity index (χ1v) is 10.1. The number of nitrogens with one attached hydrogen (secondary N) is 2. The number of aryl methyl sites for hydroxylation is 1. The number of imide groups is 1. The zero-order valence-electron chi connectivity index (χ0n) is 16.0. The maximum Gasteiger partial charge on any atom is 0.328 e. The first-order valence-electron chi connectivity index (χ1n) is 9.29. The fourth-order valence-electron chi connectivity index (χ4n) is 3.08. The molecule has 1 aliphatic heterocycles. The summed E-state index contributed by atoms with van der Waals surface area (Å²) in [6, 6.07) is 7.86. The van der Waals surface area contributed by atoms with Crippen molar-refractivity contribution in [2.75, 3.05) is 11.9 Å². The van der Waals surface area contributed by atoms with Crippen molar-refractivity contribution in [2.24, 2.45) is 0 Å². The smallest absolute Gasteiger partial charge is 0.300 e. The Kier molecular flexibility index (Phi) is 5.54. The van der Waals surface area contributed by atoms with Gasteiger partial charge in [0.05, 0.1) is 11.1 Å². The van der Waals surface area contributed by atoms with Crippen molar-refractivity contribution >= 4 is 34.2 Å². The van der Waals surface area contributed by atoms with Gasteiger partial charge in [-0.05, 0) is 12.1 Å². The van der Waals surface area contributed by atoms with E-state index in [4.69, 9.17) is 0 Å². The molecule has 0 radical (unpaired) electrons. The Morgan fingerprint density at radius 3 is 2.39 bits per heavy atom. The first kappa shape index (κ1) is 20.3. The number of benzene rings is 1. The molecule has 158 valence electrons. The van der Waals surface area contributed by atoms with Crippen LogP contribution in [0.3, 0.4) is 0 Å². The van der Waals surface area contributed by atoms with Gasteiger partial charge in [0.2, 0.25) is 11.0 Å². The summed E-state index contributed by atoms with van der Waals surface area (Å²) < 4.78 is 1.22. The van der Waals surface area contributed by atoms with Crippen LogP contribution in [0.2, 0.25) is 0 Å². The summed E-state index contributed by atoms with van der Waals surface area (Å²) in [6.45, 7) is 0.247. The van der Waals surface area contributed by atoms with Gasteiger partial charge in [-0.25, -0.2) is 4.79 Å². The molecule has 0 aliphatic carbocycles. The lowest BCUT2D eigenvalue weighted by atomic mass is 10.1. The highest BCUT2D eigenvalue weighted by Crippen LogP contribution is 2.23. The average molecular weight is 440 g/mol. The van der Waals surface area contributed by atoms with Gasteiger partial charge in [-0.2, -0.15) is 0 Å². The molecule has 3 heterocycles. The molecular weight excluding hydrogens is 424 g/mol. The van der Waals surface area contributed by atoms with Gasteiger partial charge < -0.3 is 9.88 Å². The van der Waals surface area contributed by atoms with Gasteiger partial charge in [-0.1, -0.05) is 23.5 Å². The van der Waals surface area contributed by atoms with Crippen LogP contribution in [-0.4, -0.2) is 48.9 Å². The molecule has 12 heteroatoms. The van der Waals surface area contributed by atoms with Gasteiger partial charge in [-0.3, -0.25) is 29.1 Å². The van der Waals surface area contributed by atoms with E-state index in [9.17, 15) is 24.0 Å². The Bertz CT molecular complexity index is 1260. The van der Waals surface area contributed by atoms with Crippen molar-refractivity contribution in [1.82, 2.24) is 24.6 Å². The van der Waals surface area contributed by atoms with Crippen LogP contribution >= 0.6 is 11.3 Å². The second-order valence-corrected chi connectivity index (χ2v) is 7.72. The van der Waals surface area contributed by atoms with Crippen molar-refractivity contribution in [1.29, 1.82) is 0 Å². The number of carbonyl (C=O) groups excluding carboxylic acids is 3. The molecule has 1 aliphatic rings. The molecule has 0 saturated heterocycles. The van der Waals surface area contributed by atoms with E-state index in [0.717, 1.165) is 11.3 Å². The number of anilines is 1. The minimum Gasteiger partial charge on any atom is -0.300 e. The second-order valence-electron chi connectivity index (χ2n) is 6.66. The molecule has 2 N–H and O–H groups in total. The molecule has 31 heavy (non-hydrogen) atoms. The Labute approximate surface area is 178 Å². The van der Waals surface area contributed by atoms with E-state index in [1.807, 2.05) is 0 Å². The number of fused-ring (bicyclic) bond motifs is 1. The minimum atomic E-state index is -0.591. The topological polar surface area (TPSA) is 147 Å². The van der Waals surface area contributed by atoms with E-state index >= 15 is 0 Å². The Morgan fingerprint density at radius 1 is 1.00 bits per heavy atom. The molecule has 0 unspecified atom stereocenters. The lowest BCUT2D eigenvalue weighted by Crippen LogP contribution is -2.31. The number of aromatic nitrogens is 4. The molecule has 3 amide bonds. The molecule has 0 spiro atoms. The van der Waals surface area contributed by atoms with Crippen molar-refractivity contribution in [2.45, 2.75) is 19.4 Å². The number of aromatic amines is 1. The monoisotopic (exact) mass is 440 g/mol. The molecule has 3 aromatic rings. The fourth-order valence-corrected chi connectivity index (χ4v) is 3.82. The number of amides is 3. The molecule has 11 nitrogen and oxygen atoms in total. The number of carbonyl (C=O) groups is 3. The molecule has 0 bridgehead atoms. The SMILES string of the molecule is O=C(CCn1ccc(=O)[nH]c1=O)Nc1nnc(CCN2C(=O)c3ccccc3C2=O)s1. The first-order chi connectivity index (χ1) is 14.9. The Morgan fingerprint density at radius 2 is 1.71 bits per heavy atom. The maximum atomic E-state index is 12.4. The van der Waals surface area contributed by atoms with E-state index in [-0.39, 0.29) is 42.4 Å². The van der Waals surface area contributed by atoms with Crippen LogP contribution in [0.15, 0.2) is 46.1 Å². The van der Waals surface area contributed by atoms with Crippen LogP contribution in [0.4, 0.5) is 5.13 Å². The quantitative estimate of drug-likeness (QED) is 0.501. The zero-order chi connectivity index (χ0) is 22.0. The number of rotatable bonds is 7. The lowest BCUT2D eigenvalue weighted by Gasteiger charge is -2.12. The summed E-state index contributed by atoms with van der Waals surface area (Å²) >= 11 is 1.14. The summed E-state index contributed by atoms with van der Waals surface area (Å²) in [5.41, 5.74) is -0.321. The van der Waals surface area contributed by atoms with E-state index in [2.05, 4.69) is 20.5 Å². The van der Waals surface area contributed by atoms with Crippen LogP contribution in [0.5, 0.6) is 0 Å². The third-order valence-electron chi connectivity index (χ3n) is 4.62. The minimum absolute atomic E-state index is 0.00406. The predicted molar refractivity (Wildman–Crippen MR) is 110 cm³/mol. The van der Waals surface area contributed by atoms with Crippen LogP contribution < -0.4 is 16.6 Å². The van der Waals surface area contributed by atoms with Gasteiger partial charge in [0.25, 0.3) is 17.4 Å². The zero-order valence-corrected chi connectivity index (χ0v) is 16.8. The van der Waals surface area contributed by atoms with Crippen molar-refractivity contribution in [3.05, 3.63) is 73.5 Å². The number of hydrogen-bond acceptors (Lipinski definition) is 8. The van der Waals surface area contributed by atoms with Crippen LogP contribution in [-0.2, 0) is 17.8 Å². The predicted octanol–water partition coefficient (Wildman–Crippen LogP) is 0.256. The third-order valence-corrected chi connectivity index (χ3v) is 5.52. The summed E-state index contributed by atoms with van der Waals surface area (Å²) in [4.78, 5) is 62.8. The summed E-state index contributed by atoms with van der Waals surface area (Å²) in [5.74, 6) is -1.05. The van der Waals surface area contributed by atoms with Crippen LogP contribution in [0.25, 0.3) is 0 Å². The molecule has 0 saturated carbocycles. The summed E-state index contributed by atoms with van der Waals surface area (Å²) in [7, 11) is 0. The van der Waals surface area contributed by atoms with Crippen molar-refractivity contribution in [3.8, 4) is 0 Å². The number of H-pyrrole nitrogens is 1. The van der Waals surface area contributed by atoms with E-state index in [1.54, 1.807) is 24.3 Å². The highest BCUT2D eigenvalue weighted by Gasteiger charge is 2.34. The van der Waals surface area contributed by atoms with E-state index in [0.29, 0.717) is 22.6 Å². The summed E-state index contributed by atoms with van der Waals surface area (Å²) in [5, 5.41) is 11.3. The molecule has 2 aromatic heterocycles. The van der Waals surface area contributed by atoms with Crippen molar-refractivity contribution < 1.29 is 14.4 Å². The number of nitrogens with zero attached hydrogens (tertiary/aromatic N) is 4. The van der Waals surface area contributed by atoms with Gasteiger partial charge >= 0.3 is 5.69 Å². The van der Waals surface area contributed by atoms with Crippen molar-refractivity contribution in [3.63, 3.8) is 0 Å². The largest absolute Gasteiger partial charge is 0.328 e. The van der Waals surface area contributed by atoms with Gasteiger partial charge in [0.1, 0.15) is 5.01 Å². The molecule has 0 atom stereocenters. The van der Waals surface area contributed by atoms with Gasteiger partial charge in [0.15, 0.2) is 0 Å². The molecule has 1 aromatic carbocycles. The van der Waals surface area contributed by atoms with Gasteiger partial charge in [0, 0.05) is 38.2 Å². The highest BCUT2D eigenvalue weighted by molar-refractivity contribution is 7.15. The Hall–Kier alpha value is -3.93. The van der Waals surface area contributed by atoms with Crippen LogP contribution in [0, 0.1) is 0 Å². The second kappa shape index (κ2) is 8.44. The summed E-state index contributed by atoms with van der Waals surface area (Å²) in [6.07, 6.45) is 1.62. The van der Waals surface area contributed by atoms with Gasteiger partial charge in [-0.15, -0.1) is 10.2 Å².